The molecule has 0 aliphatic carbocycles. The van der Waals surface area contributed by atoms with Gasteiger partial charge in [-0.05, 0) is 46.8 Å². The van der Waals surface area contributed by atoms with Crippen LogP contribution in [0.15, 0.2) is 22.7 Å². The number of hydrogen-bond acceptors (Lipinski definition) is 3. The fraction of sp³-hybridized carbons (Fsp3) is 0.462. The minimum Gasteiger partial charge on any atom is -0.384 e. The second kappa shape index (κ2) is 6.04. The number of nitrogens with zero attached hydrogens (tertiary/aromatic N) is 1. The van der Waals surface area contributed by atoms with Crippen molar-refractivity contribution in [2.75, 3.05) is 25.1 Å². The van der Waals surface area contributed by atoms with Crippen LogP contribution in [0, 0.1) is 17.2 Å². The second-order valence-electron chi connectivity index (χ2n) is 4.21. The normalized spacial score (nSPS) is 16.5. The zero-order chi connectivity index (χ0) is 12.1. The number of hydrogen-bond donors (Lipinski definition) is 1. The predicted octanol–water partition coefficient (Wildman–Crippen LogP) is 3.16. The maximum absolute atomic E-state index is 9.10. The summed E-state index contributed by atoms with van der Waals surface area (Å²) in [6.45, 7) is 2.63. The van der Waals surface area contributed by atoms with E-state index in [0.29, 0.717) is 11.5 Å². The minimum atomic E-state index is 0.647. The van der Waals surface area contributed by atoms with Crippen molar-refractivity contribution in [2.24, 2.45) is 5.92 Å². The highest BCUT2D eigenvalue weighted by molar-refractivity contribution is 9.10. The summed E-state index contributed by atoms with van der Waals surface area (Å²) in [6, 6.07) is 7.99. The van der Waals surface area contributed by atoms with Gasteiger partial charge in [0.25, 0.3) is 0 Å². The topological polar surface area (TPSA) is 45.0 Å². The van der Waals surface area contributed by atoms with Gasteiger partial charge in [0.2, 0.25) is 0 Å². The molecule has 0 unspecified atom stereocenters. The molecule has 3 nitrogen and oxygen atoms in total. The average molecular weight is 295 g/mol. The molecule has 1 aliphatic rings. The Balaban J connectivity index is 1.99. The Morgan fingerprint density at radius 1 is 1.41 bits per heavy atom. The van der Waals surface area contributed by atoms with Crippen LogP contribution in [-0.4, -0.2) is 19.8 Å². The lowest BCUT2D eigenvalue weighted by atomic mass is 10.0. The van der Waals surface area contributed by atoms with Crippen molar-refractivity contribution in [3.8, 4) is 6.07 Å². The van der Waals surface area contributed by atoms with Gasteiger partial charge in [0.05, 0.1) is 11.3 Å². The Bertz CT molecular complexity index is 422. The summed E-state index contributed by atoms with van der Waals surface area (Å²) in [5.74, 6) is 0.647. The van der Waals surface area contributed by atoms with Crippen molar-refractivity contribution in [1.29, 1.82) is 5.26 Å². The van der Waals surface area contributed by atoms with Gasteiger partial charge in [0.1, 0.15) is 6.07 Å². The molecular formula is C13H15BrN2O. The molecule has 90 valence electrons. The smallest absolute Gasteiger partial charge is 0.103 e. The monoisotopic (exact) mass is 294 g/mol. The Morgan fingerprint density at radius 3 is 2.88 bits per heavy atom. The predicted molar refractivity (Wildman–Crippen MR) is 70.9 cm³/mol. The first-order chi connectivity index (χ1) is 8.31. The van der Waals surface area contributed by atoms with Crippen LogP contribution in [0.25, 0.3) is 0 Å². The van der Waals surface area contributed by atoms with Crippen LogP contribution in [0.1, 0.15) is 18.4 Å². The minimum absolute atomic E-state index is 0.647. The van der Waals surface area contributed by atoms with Crippen molar-refractivity contribution in [3.63, 3.8) is 0 Å². The molecule has 1 aliphatic heterocycles. The van der Waals surface area contributed by atoms with E-state index in [1.165, 1.54) is 0 Å². The first kappa shape index (κ1) is 12.4. The molecule has 0 bridgehead atoms. The fourth-order valence-corrected chi connectivity index (χ4v) is 2.44. The van der Waals surface area contributed by atoms with Crippen LogP contribution in [0.3, 0.4) is 0 Å². The maximum atomic E-state index is 9.10. The molecule has 1 heterocycles. The van der Waals surface area contributed by atoms with Gasteiger partial charge in [-0.25, -0.2) is 0 Å². The molecular weight excluding hydrogens is 280 g/mol. The van der Waals surface area contributed by atoms with Gasteiger partial charge in [-0.15, -0.1) is 0 Å². The Kier molecular flexibility index (Phi) is 4.41. The number of anilines is 1. The number of benzene rings is 1. The lowest BCUT2D eigenvalue weighted by Gasteiger charge is -2.23. The van der Waals surface area contributed by atoms with Crippen LogP contribution in [0.2, 0.25) is 0 Å². The van der Waals surface area contributed by atoms with Crippen molar-refractivity contribution in [3.05, 3.63) is 28.2 Å². The molecule has 0 radical (unpaired) electrons. The molecule has 0 spiro atoms. The van der Waals surface area contributed by atoms with Gasteiger partial charge < -0.3 is 10.1 Å². The van der Waals surface area contributed by atoms with Gasteiger partial charge >= 0.3 is 0 Å². The summed E-state index contributed by atoms with van der Waals surface area (Å²) >= 11 is 3.39. The molecule has 17 heavy (non-hydrogen) atoms. The molecule has 1 aromatic rings. The van der Waals surface area contributed by atoms with Gasteiger partial charge in [-0.3, -0.25) is 0 Å². The lowest BCUT2D eigenvalue weighted by Crippen LogP contribution is -2.22. The van der Waals surface area contributed by atoms with E-state index in [0.717, 1.165) is 42.8 Å². The summed E-state index contributed by atoms with van der Waals surface area (Å²) in [5, 5.41) is 12.5. The first-order valence-electron chi connectivity index (χ1n) is 5.81. The zero-order valence-corrected chi connectivity index (χ0v) is 11.2. The van der Waals surface area contributed by atoms with Gasteiger partial charge in [0.15, 0.2) is 0 Å². The van der Waals surface area contributed by atoms with Crippen molar-refractivity contribution >= 4 is 21.6 Å². The molecule has 2 rings (SSSR count). The number of nitrogens with one attached hydrogen (secondary N) is 1. The molecule has 0 aromatic heterocycles. The van der Waals surface area contributed by atoms with E-state index in [9.17, 15) is 0 Å². The van der Waals surface area contributed by atoms with E-state index >= 15 is 0 Å². The van der Waals surface area contributed by atoms with Gasteiger partial charge in [-0.1, -0.05) is 6.07 Å². The summed E-state index contributed by atoms with van der Waals surface area (Å²) in [7, 11) is 0. The van der Waals surface area contributed by atoms with E-state index in [2.05, 4.69) is 27.3 Å². The summed E-state index contributed by atoms with van der Waals surface area (Å²) in [4.78, 5) is 0. The van der Waals surface area contributed by atoms with Crippen LogP contribution >= 0.6 is 15.9 Å². The molecule has 1 N–H and O–H groups in total. The Morgan fingerprint density at radius 2 is 2.18 bits per heavy atom. The summed E-state index contributed by atoms with van der Waals surface area (Å²) < 4.78 is 6.17. The molecule has 1 saturated heterocycles. The molecule has 0 atom stereocenters. The Hall–Kier alpha value is -1.05. The third-order valence-electron chi connectivity index (χ3n) is 3.05. The van der Waals surface area contributed by atoms with Crippen molar-refractivity contribution < 1.29 is 4.74 Å². The summed E-state index contributed by atoms with van der Waals surface area (Å²) in [6.07, 6.45) is 2.20. The standard InChI is InChI=1S/C13H15BrN2O/c14-12-2-1-3-13(11(12)8-15)16-9-10-4-6-17-7-5-10/h1-3,10,16H,4-7,9H2. The van der Waals surface area contributed by atoms with Crippen LogP contribution < -0.4 is 5.32 Å². The van der Waals surface area contributed by atoms with E-state index in [1.807, 2.05) is 18.2 Å². The van der Waals surface area contributed by atoms with Gasteiger partial charge in [-0.2, -0.15) is 5.26 Å². The number of rotatable bonds is 3. The summed E-state index contributed by atoms with van der Waals surface area (Å²) in [5.41, 5.74) is 1.59. The number of ether oxygens (including phenoxy) is 1. The van der Waals surface area contributed by atoms with E-state index in [1.54, 1.807) is 0 Å². The van der Waals surface area contributed by atoms with E-state index < -0.39 is 0 Å². The zero-order valence-electron chi connectivity index (χ0n) is 9.58. The largest absolute Gasteiger partial charge is 0.384 e. The van der Waals surface area contributed by atoms with E-state index in [-0.39, 0.29) is 0 Å². The molecule has 4 heteroatoms. The quantitative estimate of drug-likeness (QED) is 0.931. The first-order valence-corrected chi connectivity index (χ1v) is 6.61. The van der Waals surface area contributed by atoms with Crippen LogP contribution in [0.5, 0.6) is 0 Å². The molecule has 1 aromatic carbocycles. The number of halogens is 1. The lowest BCUT2D eigenvalue weighted by molar-refractivity contribution is 0.0699. The second-order valence-corrected chi connectivity index (χ2v) is 5.07. The average Bonchev–Trinajstić information content (AvgIpc) is 2.37. The highest BCUT2D eigenvalue weighted by Crippen LogP contribution is 2.24. The third kappa shape index (κ3) is 3.21. The molecule has 1 fully saturated rings. The van der Waals surface area contributed by atoms with Crippen LogP contribution in [-0.2, 0) is 4.74 Å². The van der Waals surface area contributed by atoms with Crippen molar-refractivity contribution in [2.45, 2.75) is 12.8 Å². The fourth-order valence-electron chi connectivity index (χ4n) is 1.99. The Labute approximate surface area is 110 Å². The maximum Gasteiger partial charge on any atom is 0.103 e. The van der Waals surface area contributed by atoms with Crippen LogP contribution in [0.4, 0.5) is 5.69 Å². The highest BCUT2D eigenvalue weighted by atomic mass is 79.9. The van der Waals surface area contributed by atoms with Gasteiger partial charge in [0, 0.05) is 24.2 Å². The number of nitriles is 1. The SMILES string of the molecule is N#Cc1c(Br)cccc1NCC1CCOCC1. The van der Waals surface area contributed by atoms with E-state index in [4.69, 9.17) is 10.00 Å². The molecule has 0 saturated carbocycles. The van der Waals surface area contributed by atoms with Crippen molar-refractivity contribution in [1.82, 2.24) is 0 Å². The molecule has 0 amide bonds. The third-order valence-corrected chi connectivity index (χ3v) is 3.71. The highest BCUT2D eigenvalue weighted by Gasteiger charge is 2.14.